The fourth-order valence-electron chi connectivity index (χ4n) is 5.97. The van der Waals surface area contributed by atoms with Crippen molar-refractivity contribution in [2.24, 2.45) is 10.7 Å². The first-order valence-corrected chi connectivity index (χ1v) is 18.7. The van der Waals surface area contributed by atoms with Gasteiger partial charge in [0.1, 0.15) is 25.0 Å². The number of alkyl carbamates (subject to hydrolysis) is 2. The van der Waals surface area contributed by atoms with E-state index < -0.39 is 24.1 Å². The molecule has 12 nitrogen and oxygen atoms in total. The maximum absolute atomic E-state index is 14.2. The monoisotopic (exact) mass is 789 g/mol. The maximum Gasteiger partial charge on any atom is 0.414 e. The molecule has 0 aliphatic carbocycles. The van der Waals surface area contributed by atoms with Crippen LogP contribution in [0.1, 0.15) is 35.1 Å². The van der Waals surface area contributed by atoms with Gasteiger partial charge in [-0.05, 0) is 76.9 Å². The average molecular weight is 790 g/mol. The van der Waals surface area contributed by atoms with E-state index in [4.69, 9.17) is 26.8 Å². The molecule has 0 aromatic heterocycles. The summed E-state index contributed by atoms with van der Waals surface area (Å²) in [6, 6.07) is 38.6. The third-order valence-electron chi connectivity index (χ3n) is 8.89. The molecule has 0 aliphatic rings. The Morgan fingerprint density at radius 2 is 1.28 bits per heavy atom. The summed E-state index contributed by atoms with van der Waals surface area (Å²) >= 11 is 6.13. The molecular formula is C44H44ClN5O7. The van der Waals surface area contributed by atoms with Gasteiger partial charge in [-0.3, -0.25) is 25.2 Å². The molecule has 5 aromatic rings. The van der Waals surface area contributed by atoms with Crippen LogP contribution in [-0.4, -0.2) is 59.1 Å². The Kier molecular flexibility index (Phi) is 15.6. The molecule has 0 fully saturated rings. The van der Waals surface area contributed by atoms with E-state index in [1.807, 2.05) is 72.8 Å². The lowest BCUT2D eigenvalue weighted by Gasteiger charge is -2.30. The smallest absolute Gasteiger partial charge is 0.414 e. The minimum atomic E-state index is -1.01. The molecule has 0 heterocycles. The third-order valence-corrected chi connectivity index (χ3v) is 9.14. The van der Waals surface area contributed by atoms with Gasteiger partial charge in [0.25, 0.3) is 0 Å². The molecule has 5 N–H and O–H groups in total. The quantitative estimate of drug-likeness (QED) is 0.0466. The minimum Gasteiger partial charge on any atom is -0.508 e. The number of hydrogen-bond donors (Lipinski definition) is 4. The van der Waals surface area contributed by atoms with Crippen molar-refractivity contribution in [2.45, 2.75) is 44.9 Å². The number of nitrogens with two attached hydrogens (primary N) is 1. The summed E-state index contributed by atoms with van der Waals surface area (Å²) in [4.78, 5) is 58.6. The highest BCUT2D eigenvalue weighted by Gasteiger charge is 2.28. The summed E-state index contributed by atoms with van der Waals surface area (Å²) in [7, 11) is 0. The first-order chi connectivity index (χ1) is 27.6. The molecule has 4 amide bonds. The van der Waals surface area contributed by atoms with Gasteiger partial charge in [0, 0.05) is 18.1 Å². The van der Waals surface area contributed by atoms with Gasteiger partial charge in [0.15, 0.2) is 0 Å². The van der Waals surface area contributed by atoms with Gasteiger partial charge in [-0.1, -0.05) is 121 Å². The molecule has 0 aliphatic heterocycles. The van der Waals surface area contributed by atoms with Crippen LogP contribution in [0.5, 0.6) is 5.75 Å². The molecule has 5 rings (SSSR count). The first kappa shape index (κ1) is 41.5. The van der Waals surface area contributed by atoms with E-state index in [-0.39, 0.29) is 63.2 Å². The predicted octanol–water partition coefficient (Wildman–Crippen LogP) is 7.17. The van der Waals surface area contributed by atoms with Crippen molar-refractivity contribution < 1.29 is 33.8 Å². The van der Waals surface area contributed by atoms with E-state index >= 15 is 0 Å². The summed E-state index contributed by atoms with van der Waals surface area (Å²) < 4.78 is 10.6. The number of halogens is 1. The van der Waals surface area contributed by atoms with Gasteiger partial charge in [-0.15, -0.1) is 0 Å². The number of primary amides is 1. The number of rotatable bonds is 16. The number of phenolic OH excluding ortho intramolecular Hbond substituents is 1. The zero-order chi connectivity index (χ0) is 40.4. The highest BCUT2D eigenvalue weighted by Crippen LogP contribution is 2.26. The van der Waals surface area contributed by atoms with Crippen LogP contribution < -0.4 is 16.4 Å². The first-order valence-electron chi connectivity index (χ1n) is 18.3. The number of nitrogens with one attached hydrogen (secondary N) is 2. The summed E-state index contributed by atoms with van der Waals surface area (Å²) in [6.45, 7) is 0.155. The normalized spacial score (nSPS) is 11.1. The number of aliphatic imine (C=N–C) groups is 1. The number of carbonyl (C=O) groups excluding carboxylic acids is 4. The molecule has 0 saturated carbocycles. The lowest BCUT2D eigenvalue weighted by molar-refractivity contribution is -0.139. The van der Waals surface area contributed by atoms with Crippen LogP contribution in [0.25, 0.3) is 11.1 Å². The van der Waals surface area contributed by atoms with Gasteiger partial charge in [0.05, 0.1) is 6.42 Å². The van der Waals surface area contributed by atoms with Crippen LogP contribution in [0.2, 0.25) is 5.02 Å². The van der Waals surface area contributed by atoms with E-state index in [2.05, 4.69) is 15.6 Å². The van der Waals surface area contributed by atoms with Gasteiger partial charge in [-0.25, -0.2) is 9.59 Å². The average Bonchev–Trinajstić information content (AvgIpc) is 3.22. The number of hydrogen-bond acceptors (Lipinski definition) is 8. The Balaban J connectivity index is 1.30. The second-order valence-electron chi connectivity index (χ2n) is 13.0. The molecule has 0 unspecified atom stereocenters. The molecule has 5 aromatic carbocycles. The lowest BCUT2D eigenvalue weighted by Crippen LogP contribution is -2.49. The largest absolute Gasteiger partial charge is 0.508 e. The summed E-state index contributed by atoms with van der Waals surface area (Å²) in [5.74, 6) is -1.12. The summed E-state index contributed by atoms with van der Waals surface area (Å²) in [5, 5.41) is 15.3. The van der Waals surface area contributed by atoms with Gasteiger partial charge in [0.2, 0.25) is 17.8 Å². The maximum atomic E-state index is 14.2. The van der Waals surface area contributed by atoms with E-state index in [1.54, 1.807) is 60.7 Å². The van der Waals surface area contributed by atoms with Crippen molar-refractivity contribution in [1.29, 1.82) is 0 Å². The van der Waals surface area contributed by atoms with Gasteiger partial charge in [-0.2, -0.15) is 0 Å². The second kappa shape index (κ2) is 21.4. The molecule has 0 spiro atoms. The van der Waals surface area contributed by atoms with E-state index in [0.717, 1.165) is 33.4 Å². The summed E-state index contributed by atoms with van der Waals surface area (Å²) in [5.41, 5.74) is 10.8. The second-order valence-corrected chi connectivity index (χ2v) is 13.4. The number of aromatic hydroxyl groups is 1. The number of amides is 4. The van der Waals surface area contributed by atoms with Gasteiger partial charge >= 0.3 is 12.2 Å². The topological polar surface area (TPSA) is 173 Å². The fraction of sp³-hybridized carbons (Fsp3) is 0.205. The van der Waals surface area contributed by atoms with Crippen LogP contribution in [0, 0.1) is 0 Å². The zero-order valence-electron chi connectivity index (χ0n) is 31.2. The Labute approximate surface area is 336 Å². The van der Waals surface area contributed by atoms with E-state index in [9.17, 15) is 24.3 Å². The molecule has 0 radical (unpaired) electrons. The third kappa shape index (κ3) is 13.5. The van der Waals surface area contributed by atoms with Crippen molar-refractivity contribution in [3.8, 4) is 16.9 Å². The SMILES string of the molecule is NC(=O)[C@@H](CCCN=C(NC(=O)OCc1ccccc1)NC(=O)OCc1ccccc1)N(CCc1ccc(O)cc1)C(=O)Cc1ccccc1-c1ccc(Cl)cc1. The highest BCUT2D eigenvalue weighted by molar-refractivity contribution is 6.30. The van der Waals surface area contributed by atoms with Crippen molar-refractivity contribution in [2.75, 3.05) is 13.1 Å². The van der Waals surface area contributed by atoms with Crippen LogP contribution in [0.4, 0.5) is 9.59 Å². The Morgan fingerprint density at radius 1 is 0.719 bits per heavy atom. The summed E-state index contributed by atoms with van der Waals surface area (Å²) in [6.07, 6.45) is -0.973. The lowest BCUT2D eigenvalue weighted by atomic mass is 9.96. The number of benzene rings is 5. The number of carbonyl (C=O) groups is 4. The van der Waals surface area contributed by atoms with E-state index in [1.165, 1.54) is 4.90 Å². The van der Waals surface area contributed by atoms with E-state index in [0.29, 0.717) is 11.4 Å². The van der Waals surface area contributed by atoms with Crippen LogP contribution in [0.3, 0.4) is 0 Å². The van der Waals surface area contributed by atoms with Crippen LogP contribution in [-0.2, 0) is 45.1 Å². The van der Waals surface area contributed by atoms with Crippen molar-refractivity contribution in [3.63, 3.8) is 0 Å². The van der Waals surface area contributed by atoms with Crippen LogP contribution >= 0.6 is 11.6 Å². The molecule has 1 atom stereocenters. The zero-order valence-corrected chi connectivity index (χ0v) is 31.9. The fourth-order valence-corrected chi connectivity index (χ4v) is 6.09. The standard InChI is InChI=1S/C44H44ClN5O7/c45-36-21-19-34(20-22-36)38-15-8-7-14-35(38)28-40(52)50(27-25-31-17-23-37(51)24-18-31)39(41(46)53)16-9-26-47-42(48-43(54)56-29-32-10-3-1-4-11-32)49-44(55)57-30-33-12-5-2-6-13-33/h1-8,10-15,17-24,39,51H,9,16,25-30H2,(H2,46,53)(H2,47,48,49,54,55)/t39-/m1/s1. The van der Waals surface area contributed by atoms with Gasteiger partial charge < -0.3 is 25.2 Å². The predicted molar refractivity (Wildman–Crippen MR) is 218 cm³/mol. The van der Waals surface area contributed by atoms with Crippen molar-refractivity contribution >= 4 is 41.6 Å². The number of ether oxygens (including phenoxy) is 2. The highest BCUT2D eigenvalue weighted by atomic mass is 35.5. The number of guanidine groups is 1. The molecule has 57 heavy (non-hydrogen) atoms. The Bertz CT molecular complexity index is 2060. The Morgan fingerprint density at radius 3 is 1.86 bits per heavy atom. The molecule has 0 bridgehead atoms. The molecule has 294 valence electrons. The number of phenols is 1. The number of nitrogens with zero attached hydrogens (tertiary/aromatic N) is 2. The van der Waals surface area contributed by atoms with Crippen LogP contribution in [0.15, 0.2) is 138 Å². The molecular weight excluding hydrogens is 746 g/mol. The minimum absolute atomic E-state index is 0.00944. The Hall–Kier alpha value is -6.66. The molecule has 0 saturated heterocycles. The molecule has 13 heteroatoms. The van der Waals surface area contributed by atoms with Crippen molar-refractivity contribution in [3.05, 3.63) is 161 Å². The van der Waals surface area contributed by atoms with Crippen molar-refractivity contribution in [1.82, 2.24) is 15.5 Å².